The molecule has 0 atom stereocenters. The molecule has 2 aromatic heterocycles. The molecule has 0 fully saturated rings. The Morgan fingerprint density at radius 2 is 1.85 bits per heavy atom. The maximum absolute atomic E-state index is 5.22. The number of hydrogen-bond acceptors (Lipinski definition) is 5. The van der Waals surface area contributed by atoms with Crippen LogP contribution in [-0.2, 0) is 26.7 Å². The predicted molar refractivity (Wildman–Crippen MR) is 100.0 cm³/mol. The summed E-state index contributed by atoms with van der Waals surface area (Å²) in [5.74, 6) is 1.82. The number of ether oxygens (including phenoxy) is 1. The summed E-state index contributed by atoms with van der Waals surface area (Å²) in [6.45, 7) is 6.54. The topological polar surface area (TPSA) is 61.0 Å². The Morgan fingerprint density at radius 3 is 2.46 bits per heavy atom. The summed E-state index contributed by atoms with van der Waals surface area (Å²) >= 11 is 0. The van der Waals surface area contributed by atoms with E-state index in [0.29, 0.717) is 0 Å². The molecular formula is C19H26N6O. The predicted octanol–water partition coefficient (Wildman–Crippen LogP) is 2.32. The van der Waals surface area contributed by atoms with Gasteiger partial charge in [-0.05, 0) is 38.6 Å². The Kier molecular flexibility index (Phi) is 5.37. The molecule has 0 saturated heterocycles. The van der Waals surface area contributed by atoms with Gasteiger partial charge in [-0.2, -0.15) is 5.10 Å². The van der Waals surface area contributed by atoms with Gasteiger partial charge in [-0.25, -0.2) is 0 Å². The van der Waals surface area contributed by atoms with Gasteiger partial charge in [-0.1, -0.05) is 12.1 Å². The molecule has 0 unspecified atom stereocenters. The molecule has 0 N–H and O–H groups in total. The molecule has 3 aromatic rings. The number of rotatable bonds is 7. The van der Waals surface area contributed by atoms with Gasteiger partial charge >= 0.3 is 0 Å². The van der Waals surface area contributed by atoms with Gasteiger partial charge in [0.2, 0.25) is 0 Å². The van der Waals surface area contributed by atoms with Crippen molar-refractivity contribution in [2.75, 3.05) is 14.2 Å². The highest BCUT2D eigenvalue weighted by Gasteiger charge is 2.15. The van der Waals surface area contributed by atoms with Crippen molar-refractivity contribution in [2.45, 2.75) is 33.5 Å². The van der Waals surface area contributed by atoms with Crippen LogP contribution in [0.15, 0.2) is 30.6 Å². The third-order valence-electron chi connectivity index (χ3n) is 4.67. The van der Waals surface area contributed by atoms with E-state index in [9.17, 15) is 0 Å². The molecule has 0 bridgehead atoms. The van der Waals surface area contributed by atoms with Crippen LogP contribution in [0.2, 0.25) is 0 Å². The fraction of sp³-hybridized carbons (Fsp3) is 0.421. The number of aryl methyl sites for hydroxylation is 2. The van der Waals surface area contributed by atoms with E-state index in [2.05, 4.69) is 52.8 Å². The van der Waals surface area contributed by atoms with E-state index in [4.69, 9.17) is 9.84 Å². The number of hydrogen-bond donors (Lipinski definition) is 0. The minimum atomic E-state index is 0.749. The summed E-state index contributed by atoms with van der Waals surface area (Å²) in [6, 6.07) is 8.12. The van der Waals surface area contributed by atoms with Crippen molar-refractivity contribution in [1.82, 2.24) is 29.4 Å². The van der Waals surface area contributed by atoms with E-state index >= 15 is 0 Å². The van der Waals surface area contributed by atoms with Crippen LogP contribution >= 0.6 is 0 Å². The monoisotopic (exact) mass is 354 g/mol. The summed E-state index contributed by atoms with van der Waals surface area (Å²) < 4.78 is 9.24. The quantitative estimate of drug-likeness (QED) is 0.652. The fourth-order valence-corrected chi connectivity index (χ4v) is 3.04. The van der Waals surface area contributed by atoms with Crippen molar-refractivity contribution in [2.24, 2.45) is 7.05 Å². The molecule has 0 spiro atoms. The number of benzene rings is 1. The van der Waals surface area contributed by atoms with E-state index in [1.807, 2.05) is 23.7 Å². The molecule has 0 radical (unpaired) electrons. The molecule has 0 amide bonds. The zero-order chi connectivity index (χ0) is 18.7. The van der Waals surface area contributed by atoms with E-state index in [-0.39, 0.29) is 0 Å². The lowest BCUT2D eigenvalue weighted by atomic mass is 10.1. The van der Waals surface area contributed by atoms with Crippen molar-refractivity contribution in [3.05, 3.63) is 58.9 Å². The number of nitrogens with zero attached hydrogens (tertiary/aromatic N) is 6. The zero-order valence-corrected chi connectivity index (χ0v) is 16.1. The Morgan fingerprint density at radius 1 is 1.12 bits per heavy atom. The zero-order valence-electron chi connectivity index (χ0n) is 16.1. The molecule has 2 heterocycles. The lowest BCUT2D eigenvalue weighted by Gasteiger charge is -2.16. The van der Waals surface area contributed by atoms with Crippen LogP contribution < -0.4 is 4.74 Å². The third-order valence-corrected chi connectivity index (χ3v) is 4.67. The molecule has 0 aliphatic heterocycles. The highest BCUT2D eigenvalue weighted by atomic mass is 16.5. The lowest BCUT2D eigenvalue weighted by molar-refractivity contribution is 0.305. The van der Waals surface area contributed by atoms with Crippen molar-refractivity contribution in [3.8, 4) is 5.75 Å². The molecule has 26 heavy (non-hydrogen) atoms. The highest BCUT2D eigenvalue weighted by molar-refractivity contribution is 5.29. The molecule has 3 rings (SSSR count). The first kappa shape index (κ1) is 18.1. The molecule has 138 valence electrons. The van der Waals surface area contributed by atoms with Crippen molar-refractivity contribution >= 4 is 0 Å². The Bertz CT molecular complexity index is 865. The molecule has 0 aliphatic carbocycles. The summed E-state index contributed by atoms with van der Waals surface area (Å²) in [5, 5.41) is 12.8. The largest absolute Gasteiger partial charge is 0.497 e. The second kappa shape index (κ2) is 7.70. The maximum Gasteiger partial charge on any atom is 0.146 e. The fourth-order valence-electron chi connectivity index (χ4n) is 3.04. The summed E-state index contributed by atoms with van der Waals surface area (Å²) in [5.41, 5.74) is 4.74. The highest BCUT2D eigenvalue weighted by Crippen LogP contribution is 2.18. The number of methoxy groups -OCH3 is 1. The SMILES string of the molecule is COc1ccc(Cn2nc(C)c(CN(C)Cc3nncn3C)c2C)cc1. The third kappa shape index (κ3) is 3.94. The average molecular weight is 354 g/mol. The standard InChI is InChI=1S/C19H26N6O/c1-14-18(11-23(3)12-19-21-20-13-24(19)4)15(2)25(22-14)10-16-6-8-17(26-5)9-7-16/h6-9,13H,10-12H2,1-5H3. The van der Waals surface area contributed by atoms with Gasteiger partial charge in [0.05, 0.1) is 25.9 Å². The van der Waals surface area contributed by atoms with Gasteiger partial charge in [0.25, 0.3) is 0 Å². The van der Waals surface area contributed by atoms with Crippen LogP contribution in [0.1, 0.15) is 28.3 Å². The van der Waals surface area contributed by atoms with Crippen LogP contribution in [0.25, 0.3) is 0 Å². The van der Waals surface area contributed by atoms with Crippen LogP contribution in [0.4, 0.5) is 0 Å². The van der Waals surface area contributed by atoms with Crippen LogP contribution in [-0.4, -0.2) is 43.6 Å². The normalized spacial score (nSPS) is 11.3. The molecule has 7 heteroatoms. The van der Waals surface area contributed by atoms with Gasteiger partial charge in [-0.3, -0.25) is 9.58 Å². The first-order valence-electron chi connectivity index (χ1n) is 8.65. The average Bonchev–Trinajstić information content (AvgIpc) is 3.14. The molecule has 7 nitrogen and oxygen atoms in total. The second-order valence-corrected chi connectivity index (χ2v) is 6.69. The van der Waals surface area contributed by atoms with Gasteiger partial charge in [0.15, 0.2) is 0 Å². The van der Waals surface area contributed by atoms with E-state index < -0.39 is 0 Å². The molecular weight excluding hydrogens is 328 g/mol. The van der Waals surface area contributed by atoms with Gasteiger partial charge in [-0.15, -0.1) is 10.2 Å². The van der Waals surface area contributed by atoms with Crippen LogP contribution in [0.5, 0.6) is 5.75 Å². The van der Waals surface area contributed by atoms with E-state index in [0.717, 1.165) is 36.9 Å². The first-order valence-corrected chi connectivity index (χ1v) is 8.65. The summed E-state index contributed by atoms with van der Waals surface area (Å²) in [6.07, 6.45) is 1.73. The number of aromatic nitrogens is 5. The van der Waals surface area contributed by atoms with Gasteiger partial charge < -0.3 is 9.30 Å². The summed E-state index contributed by atoms with van der Waals surface area (Å²) in [4.78, 5) is 2.23. The minimum Gasteiger partial charge on any atom is -0.497 e. The Balaban J connectivity index is 1.71. The van der Waals surface area contributed by atoms with Crippen LogP contribution in [0, 0.1) is 13.8 Å². The van der Waals surface area contributed by atoms with Gasteiger partial charge in [0, 0.05) is 24.8 Å². The lowest BCUT2D eigenvalue weighted by Crippen LogP contribution is -2.20. The minimum absolute atomic E-state index is 0.749. The maximum atomic E-state index is 5.22. The van der Waals surface area contributed by atoms with Crippen LogP contribution in [0.3, 0.4) is 0 Å². The van der Waals surface area contributed by atoms with Crippen molar-refractivity contribution in [3.63, 3.8) is 0 Å². The van der Waals surface area contributed by atoms with Crippen molar-refractivity contribution in [1.29, 1.82) is 0 Å². The molecule has 0 aliphatic rings. The second-order valence-electron chi connectivity index (χ2n) is 6.69. The smallest absolute Gasteiger partial charge is 0.146 e. The summed E-state index contributed by atoms with van der Waals surface area (Å²) in [7, 11) is 5.74. The first-order chi connectivity index (χ1) is 12.5. The van der Waals surface area contributed by atoms with E-state index in [1.54, 1.807) is 13.4 Å². The molecule has 0 saturated carbocycles. The van der Waals surface area contributed by atoms with Crippen molar-refractivity contribution < 1.29 is 4.74 Å². The Hall–Kier alpha value is -2.67. The molecule has 1 aromatic carbocycles. The Labute approximate surface area is 154 Å². The van der Waals surface area contributed by atoms with Gasteiger partial charge in [0.1, 0.15) is 17.9 Å². The van der Waals surface area contributed by atoms with E-state index in [1.165, 1.54) is 16.8 Å².